The number of hydrogen-bond donors (Lipinski definition) is 0. The lowest BCUT2D eigenvalue weighted by Gasteiger charge is -2.37. The molecule has 1 saturated carbocycles. The van der Waals surface area contributed by atoms with Gasteiger partial charge in [0.25, 0.3) is 11.8 Å². The molecule has 36 heavy (non-hydrogen) atoms. The van der Waals surface area contributed by atoms with Crippen molar-refractivity contribution in [2.24, 2.45) is 17.8 Å². The smallest absolute Gasteiger partial charge is 0.330 e. The highest BCUT2D eigenvalue weighted by Crippen LogP contribution is 2.40. The molecule has 6 nitrogen and oxygen atoms in total. The van der Waals surface area contributed by atoms with Crippen LogP contribution in [-0.2, 0) is 9.53 Å². The van der Waals surface area contributed by atoms with Gasteiger partial charge >= 0.3 is 5.97 Å². The largest absolute Gasteiger partial charge is 0.489 e. The highest BCUT2D eigenvalue weighted by Gasteiger charge is 2.35. The highest BCUT2D eigenvalue weighted by atomic mass is 16.5. The van der Waals surface area contributed by atoms with Gasteiger partial charge < -0.3 is 9.47 Å². The van der Waals surface area contributed by atoms with Crippen LogP contribution in [0.5, 0.6) is 5.75 Å². The fourth-order valence-electron chi connectivity index (χ4n) is 5.62. The Kier molecular flexibility index (Phi) is 8.12. The van der Waals surface area contributed by atoms with Crippen LogP contribution in [0, 0.1) is 17.8 Å². The molecule has 2 aromatic rings. The first-order chi connectivity index (χ1) is 17.3. The number of rotatable bonds is 10. The van der Waals surface area contributed by atoms with Gasteiger partial charge in [0.1, 0.15) is 11.9 Å². The molecule has 1 heterocycles. The molecule has 1 aliphatic carbocycles. The lowest BCUT2D eigenvalue weighted by atomic mass is 9.75. The molecule has 6 heteroatoms. The van der Waals surface area contributed by atoms with Gasteiger partial charge in [0.2, 0.25) is 0 Å². The third kappa shape index (κ3) is 5.32. The lowest BCUT2D eigenvalue weighted by Crippen LogP contribution is -2.41. The van der Waals surface area contributed by atoms with Crippen LogP contribution in [0.25, 0.3) is 10.8 Å². The summed E-state index contributed by atoms with van der Waals surface area (Å²) in [5, 5.41) is 1.53. The Morgan fingerprint density at radius 3 is 2.56 bits per heavy atom. The van der Waals surface area contributed by atoms with Gasteiger partial charge in [0, 0.05) is 34.5 Å². The predicted molar refractivity (Wildman–Crippen MR) is 140 cm³/mol. The van der Waals surface area contributed by atoms with Crippen LogP contribution in [0.4, 0.5) is 0 Å². The van der Waals surface area contributed by atoms with Gasteiger partial charge in [0.15, 0.2) is 0 Å². The minimum Gasteiger partial charge on any atom is -0.489 e. The number of ether oxygens (including phenoxy) is 2. The normalized spacial score (nSPS) is 21.7. The summed E-state index contributed by atoms with van der Waals surface area (Å²) in [7, 11) is 0. The molecule has 0 N–H and O–H groups in total. The second-order valence-electron chi connectivity index (χ2n) is 10.5. The second kappa shape index (κ2) is 11.3. The van der Waals surface area contributed by atoms with Crippen molar-refractivity contribution in [3.63, 3.8) is 0 Å². The Labute approximate surface area is 213 Å². The van der Waals surface area contributed by atoms with Gasteiger partial charge in [-0.25, -0.2) is 4.79 Å². The van der Waals surface area contributed by atoms with E-state index in [1.54, 1.807) is 6.07 Å². The number of carbonyl (C=O) groups is 3. The summed E-state index contributed by atoms with van der Waals surface area (Å²) in [4.78, 5) is 39.1. The number of hydrogen-bond acceptors (Lipinski definition) is 5. The molecule has 0 bridgehead atoms. The summed E-state index contributed by atoms with van der Waals surface area (Å²) in [6, 6.07) is 9.34. The predicted octanol–water partition coefficient (Wildman–Crippen LogP) is 6.17. The molecular formula is C30H37NO5. The fraction of sp³-hybridized carbons (Fsp3) is 0.500. The average molecular weight is 492 g/mol. The summed E-state index contributed by atoms with van der Waals surface area (Å²) in [6.07, 6.45) is 6.72. The van der Waals surface area contributed by atoms with Gasteiger partial charge in [-0.3, -0.25) is 14.5 Å². The first kappa shape index (κ1) is 25.9. The molecule has 3 unspecified atom stereocenters. The zero-order valence-corrected chi connectivity index (χ0v) is 21.6. The zero-order valence-electron chi connectivity index (χ0n) is 21.6. The molecule has 0 spiro atoms. The van der Waals surface area contributed by atoms with E-state index >= 15 is 0 Å². The molecule has 192 valence electrons. The standard InChI is InChI=1S/C30H37NO5/c1-5-27(32)35-17-8-6-7-16-31-29(33)23-11-9-10-22-25(15-14-24(28(22)23)30(31)34)36-26-18-20(4)12-13-21(26)19(2)3/h5,9-11,14-15,19-21,26H,1,6-8,12-13,16-18H2,2-4H3. The van der Waals surface area contributed by atoms with Crippen LogP contribution in [0.15, 0.2) is 43.0 Å². The summed E-state index contributed by atoms with van der Waals surface area (Å²) in [6.45, 7) is 10.8. The summed E-state index contributed by atoms with van der Waals surface area (Å²) >= 11 is 0. The van der Waals surface area contributed by atoms with Gasteiger partial charge in [0.05, 0.1) is 6.61 Å². The molecule has 0 saturated heterocycles. The van der Waals surface area contributed by atoms with Crippen molar-refractivity contribution >= 4 is 28.6 Å². The maximum absolute atomic E-state index is 13.3. The molecule has 4 rings (SSSR count). The third-order valence-corrected chi connectivity index (χ3v) is 7.63. The third-order valence-electron chi connectivity index (χ3n) is 7.63. The van der Waals surface area contributed by atoms with Crippen molar-refractivity contribution in [1.82, 2.24) is 4.90 Å². The highest BCUT2D eigenvalue weighted by molar-refractivity contribution is 6.26. The molecule has 1 aliphatic heterocycles. The number of unbranched alkanes of at least 4 members (excludes halogenated alkanes) is 2. The summed E-state index contributed by atoms with van der Waals surface area (Å²) in [5.41, 5.74) is 1.09. The molecule has 2 amide bonds. The Balaban J connectivity index is 1.51. The van der Waals surface area contributed by atoms with Gasteiger partial charge in [-0.15, -0.1) is 0 Å². The number of nitrogens with zero attached hydrogens (tertiary/aromatic N) is 1. The quantitative estimate of drug-likeness (QED) is 0.172. The summed E-state index contributed by atoms with van der Waals surface area (Å²) < 4.78 is 11.6. The first-order valence-electron chi connectivity index (χ1n) is 13.2. The van der Waals surface area contributed by atoms with Crippen LogP contribution < -0.4 is 4.74 Å². The number of imide groups is 1. The fourth-order valence-corrected chi connectivity index (χ4v) is 5.62. The molecule has 0 aromatic heterocycles. The molecule has 3 atom stereocenters. The second-order valence-corrected chi connectivity index (χ2v) is 10.5. The molecule has 1 fully saturated rings. The maximum atomic E-state index is 13.3. The minimum absolute atomic E-state index is 0.128. The number of benzene rings is 2. The van der Waals surface area contributed by atoms with Crippen molar-refractivity contribution in [2.45, 2.75) is 65.4 Å². The van der Waals surface area contributed by atoms with Crippen LogP contribution in [0.2, 0.25) is 0 Å². The van der Waals surface area contributed by atoms with Crippen LogP contribution >= 0.6 is 0 Å². The summed E-state index contributed by atoms with van der Waals surface area (Å²) in [5.74, 6) is 1.43. The maximum Gasteiger partial charge on any atom is 0.330 e. The van der Waals surface area contributed by atoms with E-state index in [1.807, 2.05) is 24.3 Å². The SMILES string of the molecule is C=CC(=O)OCCCCCN1C(=O)c2cccc3c(OC4CC(C)CCC4C(C)C)ccc(c23)C1=O. The molecule has 0 radical (unpaired) electrons. The number of esters is 1. The zero-order chi connectivity index (χ0) is 25.8. The molecule has 2 aliphatic rings. The van der Waals surface area contributed by atoms with Crippen LogP contribution in [0.3, 0.4) is 0 Å². The van der Waals surface area contributed by atoms with Crippen molar-refractivity contribution in [1.29, 1.82) is 0 Å². The Morgan fingerprint density at radius 1 is 1.08 bits per heavy atom. The monoisotopic (exact) mass is 491 g/mol. The molecular weight excluding hydrogens is 454 g/mol. The minimum atomic E-state index is -0.442. The lowest BCUT2D eigenvalue weighted by molar-refractivity contribution is -0.137. The number of amides is 2. The van der Waals surface area contributed by atoms with E-state index in [4.69, 9.17) is 9.47 Å². The van der Waals surface area contributed by atoms with Crippen LogP contribution in [-0.4, -0.2) is 41.9 Å². The van der Waals surface area contributed by atoms with E-state index in [0.29, 0.717) is 60.3 Å². The van der Waals surface area contributed by atoms with E-state index in [1.165, 1.54) is 11.3 Å². The first-order valence-corrected chi connectivity index (χ1v) is 13.2. The van der Waals surface area contributed by atoms with E-state index in [9.17, 15) is 14.4 Å². The molecule has 2 aromatic carbocycles. The Hall–Kier alpha value is -3.15. The number of carbonyl (C=O) groups excluding carboxylic acids is 3. The Morgan fingerprint density at radius 2 is 1.83 bits per heavy atom. The van der Waals surface area contributed by atoms with Crippen molar-refractivity contribution in [3.05, 3.63) is 54.1 Å². The van der Waals surface area contributed by atoms with Gasteiger partial charge in [-0.1, -0.05) is 45.9 Å². The van der Waals surface area contributed by atoms with E-state index in [-0.39, 0.29) is 17.9 Å². The van der Waals surface area contributed by atoms with Crippen molar-refractivity contribution < 1.29 is 23.9 Å². The van der Waals surface area contributed by atoms with Gasteiger partial charge in [-0.05, 0) is 68.1 Å². The van der Waals surface area contributed by atoms with Crippen molar-refractivity contribution in [2.75, 3.05) is 13.2 Å². The van der Waals surface area contributed by atoms with Crippen molar-refractivity contribution in [3.8, 4) is 5.75 Å². The van der Waals surface area contributed by atoms with E-state index in [0.717, 1.165) is 36.5 Å². The van der Waals surface area contributed by atoms with E-state index in [2.05, 4.69) is 27.4 Å². The van der Waals surface area contributed by atoms with Gasteiger partial charge in [-0.2, -0.15) is 0 Å². The average Bonchev–Trinajstić information content (AvgIpc) is 2.86. The van der Waals surface area contributed by atoms with E-state index < -0.39 is 5.97 Å². The topological polar surface area (TPSA) is 72.9 Å². The Bertz CT molecular complexity index is 1130. The van der Waals surface area contributed by atoms with Crippen LogP contribution in [0.1, 0.15) is 80.0 Å².